The van der Waals surface area contributed by atoms with Gasteiger partial charge in [0.1, 0.15) is 6.61 Å². The second-order valence-electron chi connectivity index (χ2n) is 4.50. The molecule has 0 saturated heterocycles. The Morgan fingerprint density at radius 3 is 2.52 bits per heavy atom. The number of hydrogen-bond acceptors (Lipinski definition) is 3. The molecule has 0 radical (unpaired) electrons. The third kappa shape index (κ3) is 3.63. The fraction of sp³-hybridized carbons (Fsp3) is 0.357. The Morgan fingerprint density at radius 2 is 2.00 bits per heavy atom. The third-order valence-electron chi connectivity index (χ3n) is 3.06. The van der Waals surface area contributed by atoms with E-state index in [2.05, 4.69) is 52.9 Å². The zero-order valence-electron chi connectivity index (χ0n) is 11.9. The Balaban J connectivity index is 2.27. The van der Waals surface area contributed by atoms with E-state index in [0.29, 0.717) is 18.1 Å². The van der Waals surface area contributed by atoms with Gasteiger partial charge < -0.3 is 9.47 Å². The average Bonchev–Trinajstić information content (AvgIpc) is 2.70. The highest BCUT2D eigenvalue weighted by Gasteiger charge is 2.15. The Morgan fingerprint density at radius 1 is 1.29 bits per heavy atom. The van der Waals surface area contributed by atoms with Crippen LogP contribution in [0.25, 0.3) is 0 Å². The topological polar surface area (TPSA) is 36.3 Å². The molecule has 0 amide bonds. The molecular formula is C14H15Br3N2O2. The quantitative estimate of drug-likeness (QED) is 0.578. The van der Waals surface area contributed by atoms with Gasteiger partial charge in [0, 0.05) is 12.4 Å². The number of ether oxygens (including phenoxy) is 2. The minimum atomic E-state index is 0.403. The molecule has 1 heterocycles. The summed E-state index contributed by atoms with van der Waals surface area (Å²) in [5, 5.41) is 5.11. The zero-order valence-corrected chi connectivity index (χ0v) is 16.7. The van der Waals surface area contributed by atoms with Gasteiger partial charge in [0.2, 0.25) is 0 Å². The molecule has 0 unspecified atom stereocenters. The first-order valence-corrected chi connectivity index (χ1v) is 8.91. The number of hydrogen-bond donors (Lipinski definition) is 0. The normalized spacial score (nSPS) is 10.8. The Labute approximate surface area is 149 Å². The summed E-state index contributed by atoms with van der Waals surface area (Å²) in [7, 11) is 3.54. The minimum absolute atomic E-state index is 0.403. The number of alkyl halides is 1. The molecule has 4 nitrogen and oxygen atoms in total. The SMILES string of the molecule is COc1cc(CBr)cc(Br)c1OCc1c(Br)c(C)nn1C. The van der Waals surface area contributed by atoms with E-state index in [9.17, 15) is 0 Å². The van der Waals surface area contributed by atoms with Crippen LogP contribution in [0, 0.1) is 6.92 Å². The third-order valence-corrected chi connectivity index (χ3v) is 5.33. The molecule has 21 heavy (non-hydrogen) atoms. The second-order valence-corrected chi connectivity index (χ2v) is 6.71. The molecule has 0 aliphatic rings. The predicted octanol–water partition coefficient (Wildman–Crippen LogP) is 4.74. The summed E-state index contributed by atoms with van der Waals surface area (Å²) in [5.41, 5.74) is 3.03. The van der Waals surface area contributed by atoms with E-state index in [-0.39, 0.29) is 0 Å². The number of aryl methyl sites for hydroxylation is 2. The van der Waals surface area contributed by atoms with Gasteiger partial charge in [-0.15, -0.1) is 0 Å². The maximum Gasteiger partial charge on any atom is 0.175 e. The van der Waals surface area contributed by atoms with Gasteiger partial charge >= 0.3 is 0 Å². The molecule has 0 spiro atoms. The largest absolute Gasteiger partial charge is 0.493 e. The molecule has 0 saturated carbocycles. The number of methoxy groups -OCH3 is 1. The predicted molar refractivity (Wildman–Crippen MR) is 93.3 cm³/mol. The minimum Gasteiger partial charge on any atom is -0.493 e. The van der Waals surface area contributed by atoms with Crippen LogP contribution in [0.3, 0.4) is 0 Å². The van der Waals surface area contributed by atoms with E-state index in [1.807, 2.05) is 30.8 Å². The summed E-state index contributed by atoms with van der Waals surface area (Å²) in [6.45, 7) is 2.36. The van der Waals surface area contributed by atoms with Crippen LogP contribution in [0.4, 0.5) is 0 Å². The van der Waals surface area contributed by atoms with E-state index < -0.39 is 0 Å². The van der Waals surface area contributed by atoms with Crippen LogP contribution in [0.15, 0.2) is 21.1 Å². The summed E-state index contributed by atoms with van der Waals surface area (Å²) < 4.78 is 15.0. The Hall–Kier alpha value is -0.530. The van der Waals surface area contributed by atoms with Gasteiger partial charge in [0.05, 0.1) is 27.4 Å². The van der Waals surface area contributed by atoms with Gasteiger partial charge in [-0.05, 0) is 56.5 Å². The molecule has 0 bridgehead atoms. The van der Waals surface area contributed by atoms with Crippen molar-refractivity contribution in [3.05, 3.63) is 38.0 Å². The molecule has 0 aliphatic carbocycles. The summed E-state index contributed by atoms with van der Waals surface area (Å²) >= 11 is 10.5. The van der Waals surface area contributed by atoms with Crippen LogP contribution in [-0.2, 0) is 19.0 Å². The van der Waals surface area contributed by atoms with Crippen molar-refractivity contribution in [2.75, 3.05) is 7.11 Å². The van der Waals surface area contributed by atoms with Crippen molar-refractivity contribution in [1.82, 2.24) is 9.78 Å². The van der Waals surface area contributed by atoms with E-state index in [4.69, 9.17) is 9.47 Å². The second kappa shape index (κ2) is 7.15. The molecular weight excluding hydrogens is 468 g/mol. The van der Waals surface area contributed by atoms with Crippen LogP contribution in [-0.4, -0.2) is 16.9 Å². The van der Waals surface area contributed by atoms with Crippen molar-refractivity contribution < 1.29 is 9.47 Å². The fourth-order valence-corrected chi connectivity index (χ4v) is 3.35. The number of benzene rings is 1. The van der Waals surface area contributed by atoms with Crippen LogP contribution in [0.2, 0.25) is 0 Å². The molecule has 114 valence electrons. The van der Waals surface area contributed by atoms with Gasteiger partial charge in [-0.1, -0.05) is 15.9 Å². The molecule has 0 aliphatic heterocycles. The molecule has 1 aromatic carbocycles. The maximum absolute atomic E-state index is 5.94. The summed E-state index contributed by atoms with van der Waals surface area (Å²) in [4.78, 5) is 0. The molecule has 0 fully saturated rings. The van der Waals surface area contributed by atoms with E-state index in [1.54, 1.807) is 7.11 Å². The highest BCUT2D eigenvalue weighted by atomic mass is 79.9. The standard InChI is InChI=1S/C14H15Br3N2O2/c1-8-13(17)11(19(2)18-8)7-21-14-10(16)4-9(6-15)5-12(14)20-3/h4-5H,6-7H2,1-3H3. The Kier molecular flexibility index (Phi) is 5.73. The molecule has 2 rings (SSSR count). The van der Waals surface area contributed by atoms with Gasteiger partial charge in [-0.3, -0.25) is 4.68 Å². The van der Waals surface area contributed by atoms with Crippen molar-refractivity contribution in [1.29, 1.82) is 0 Å². The van der Waals surface area contributed by atoms with Gasteiger partial charge in [-0.25, -0.2) is 0 Å². The van der Waals surface area contributed by atoms with Gasteiger partial charge in [-0.2, -0.15) is 5.10 Å². The molecule has 2 aromatic rings. The molecule has 1 aromatic heterocycles. The zero-order chi connectivity index (χ0) is 15.6. The number of aromatic nitrogens is 2. The lowest BCUT2D eigenvalue weighted by atomic mass is 10.2. The van der Waals surface area contributed by atoms with Gasteiger partial charge in [0.15, 0.2) is 11.5 Å². The smallest absolute Gasteiger partial charge is 0.175 e. The van der Waals surface area contributed by atoms with Crippen molar-refractivity contribution in [3.63, 3.8) is 0 Å². The van der Waals surface area contributed by atoms with Crippen molar-refractivity contribution in [3.8, 4) is 11.5 Å². The van der Waals surface area contributed by atoms with Crippen molar-refractivity contribution >= 4 is 47.8 Å². The average molecular weight is 483 g/mol. The number of rotatable bonds is 5. The molecule has 0 atom stereocenters. The lowest BCUT2D eigenvalue weighted by Gasteiger charge is -2.14. The lowest BCUT2D eigenvalue weighted by Crippen LogP contribution is -2.05. The Bertz CT molecular complexity index is 656. The monoisotopic (exact) mass is 480 g/mol. The number of nitrogens with zero attached hydrogens (tertiary/aromatic N) is 2. The first-order valence-electron chi connectivity index (χ1n) is 6.21. The van der Waals surface area contributed by atoms with Gasteiger partial charge in [0.25, 0.3) is 0 Å². The van der Waals surface area contributed by atoms with Crippen LogP contribution in [0.5, 0.6) is 11.5 Å². The first kappa shape index (κ1) is 16.8. The first-order chi connectivity index (χ1) is 9.97. The van der Waals surface area contributed by atoms with Crippen LogP contribution in [0.1, 0.15) is 17.0 Å². The van der Waals surface area contributed by atoms with E-state index in [1.165, 1.54) is 0 Å². The highest BCUT2D eigenvalue weighted by molar-refractivity contribution is 9.11. The molecule has 0 N–H and O–H groups in total. The molecule has 7 heteroatoms. The number of halogens is 3. The fourth-order valence-electron chi connectivity index (χ4n) is 1.97. The highest BCUT2D eigenvalue weighted by Crippen LogP contribution is 2.38. The van der Waals surface area contributed by atoms with E-state index >= 15 is 0 Å². The maximum atomic E-state index is 5.94. The summed E-state index contributed by atoms with van der Waals surface area (Å²) in [5.74, 6) is 1.39. The van der Waals surface area contributed by atoms with Crippen molar-refractivity contribution in [2.45, 2.75) is 18.9 Å². The van der Waals surface area contributed by atoms with Crippen molar-refractivity contribution in [2.24, 2.45) is 7.05 Å². The summed E-state index contributed by atoms with van der Waals surface area (Å²) in [6, 6.07) is 3.97. The lowest BCUT2D eigenvalue weighted by molar-refractivity contribution is 0.273. The van der Waals surface area contributed by atoms with Crippen LogP contribution >= 0.6 is 47.8 Å². The van der Waals surface area contributed by atoms with Crippen LogP contribution < -0.4 is 9.47 Å². The summed E-state index contributed by atoms with van der Waals surface area (Å²) in [6.07, 6.45) is 0. The van der Waals surface area contributed by atoms with E-state index in [0.717, 1.165) is 31.2 Å².